The Kier molecular flexibility index (Phi) is 10.8. The van der Waals surface area contributed by atoms with Crippen molar-refractivity contribution in [3.63, 3.8) is 0 Å². The summed E-state index contributed by atoms with van der Waals surface area (Å²) in [5.41, 5.74) is 7.95. The average Bonchev–Trinajstić information content (AvgIpc) is 2.96. The van der Waals surface area contributed by atoms with Gasteiger partial charge in [0.25, 0.3) is 0 Å². The van der Waals surface area contributed by atoms with Crippen molar-refractivity contribution in [3.05, 3.63) is 88.7 Å². The maximum absolute atomic E-state index is 15.2. The van der Waals surface area contributed by atoms with Crippen LogP contribution in [0.3, 0.4) is 0 Å². The molecular formula is C32H40ClFN4O4S. The highest BCUT2D eigenvalue weighted by Gasteiger charge is 2.38. The molecule has 1 aliphatic heterocycles. The van der Waals surface area contributed by atoms with Gasteiger partial charge in [-0.05, 0) is 79.8 Å². The van der Waals surface area contributed by atoms with Crippen LogP contribution < -0.4 is 21.1 Å². The molecule has 1 saturated heterocycles. The molecule has 232 valence electrons. The zero-order valence-electron chi connectivity index (χ0n) is 24.9. The highest BCUT2D eigenvalue weighted by Crippen LogP contribution is 2.31. The molecule has 0 saturated carbocycles. The minimum atomic E-state index is -3.84. The van der Waals surface area contributed by atoms with E-state index in [0.29, 0.717) is 41.5 Å². The van der Waals surface area contributed by atoms with Gasteiger partial charge in [0.05, 0.1) is 18.0 Å². The van der Waals surface area contributed by atoms with Gasteiger partial charge in [0.2, 0.25) is 15.9 Å². The van der Waals surface area contributed by atoms with Gasteiger partial charge in [0, 0.05) is 47.4 Å². The summed E-state index contributed by atoms with van der Waals surface area (Å²) in [5, 5.41) is 6.70. The fourth-order valence-corrected chi connectivity index (χ4v) is 7.91. The Labute approximate surface area is 258 Å². The van der Waals surface area contributed by atoms with Crippen LogP contribution >= 0.6 is 11.6 Å². The summed E-state index contributed by atoms with van der Waals surface area (Å²) in [7, 11) is -2.32. The van der Waals surface area contributed by atoms with Crippen molar-refractivity contribution in [3.8, 4) is 5.75 Å². The summed E-state index contributed by atoms with van der Waals surface area (Å²) in [6.45, 7) is 6.72. The molecule has 8 nitrogen and oxygen atoms in total. The largest absolute Gasteiger partial charge is 0.497 e. The number of carbonyl (C=O) groups excluding carboxylic acids is 1. The number of methoxy groups -OCH3 is 1. The van der Waals surface area contributed by atoms with E-state index in [2.05, 4.69) is 10.6 Å². The Bertz CT molecular complexity index is 1520. The van der Waals surface area contributed by atoms with Gasteiger partial charge in [-0.25, -0.2) is 12.8 Å². The third-order valence-electron chi connectivity index (χ3n) is 7.99. The predicted octanol–water partition coefficient (Wildman–Crippen LogP) is 5.18. The fraction of sp³-hybridized carbons (Fsp3) is 0.406. The molecule has 1 aliphatic rings. The number of nitrogens with one attached hydrogen (secondary N) is 2. The van der Waals surface area contributed by atoms with E-state index in [1.165, 1.54) is 35.7 Å². The van der Waals surface area contributed by atoms with Gasteiger partial charge in [0.1, 0.15) is 11.6 Å². The van der Waals surface area contributed by atoms with E-state index in [4.69, 9.17) is 22.1 Å². The van der Waals surface area contributed by atoms with Crippen LogP contribution in [0.25, 0.3) is 0 Å². The minimum Gasteiger partial charge on any atom is -0.497 e. The lowest BCUT2D eigenvalue weighted by Gasteiger charge is -2.40. The highest BCUT2D eigenvalue weighted by molar-refractivity contribution is 7.89. The lowest BCUT2D eigenvalue weighted by molar-refractivity contribution is -0.118. The van der Waals surface area contributed by atoms with E-state index in [1.54, 1.807) is 30.3 Å². The van der Waals surface area contributed by atoms with Crippen molar-refractivity contribution in [1.29, 1.82) is 0 Å². The quantitative estimate of drug-likeness (QED) is 0.269. The molecule has 1 heterocycles. The zero-order valence-corrected chi connectivity index (χ0v) is 26.5. The number of piperazine rings is 1. The molecule has 1 fully saturated rings. The first-order chi connectivity index (χ1) is 20.4. The lowest BCUT2D eigenvalue weighted by Crippen LogP contribution is -2.58. The second-order valence-electron chi connectivity index (χ2n) is 11.3. The Balaban J connectivity index is 1.54. The molecule has 0 radical (unpaired) electrons. The number of nitrogens with two attached hydrogens (primary N) is 1. The highest BCUT2D eigenvalue weighted by atomic mass is 35.5. The smallest absolute Gasteiger partial charge is 0.243 e. The summed E-state index contributed by atoms with van der Waals surface area (Å²) >= 11 is 6.21. The SMILES string of the molecule is COc1ccc(S(=O)(=O)N2[C@@H](CCc3c(F)cccc3NC(=O)[C@@H](N)[C@@H](c3cccc(Cl)c3)C(C)C)CNC[C@@H]2C)cc1. The van der Waals surface area contributed by atoms with Crippen LogP contribution in [0.5, 0.6) is 5.75 Å². The van der Waals surface area contributed by atoms with Gasteiger partial charge >= 0.3 is 0 Å². The number of hydrogen-bond donors (Lipinski definition) is 3. The summed E-state index contributed by atoms with van der Waals surface area (Å²) in [5.74, 6) is -0.650. The maximum atomic E-state index is 15.2. The van der Waals surface area contributed by atoms with Crippen molar-refractivity contribution in [1.82, 2.24) is 9.62 Å². The van der Waals surface area contributed by atoms with Crippen molar-refractivity contribution < 1.29 is 22.3 Å². The van der Waals surface area contributed by atoms with Crippen molar-refractivity contribution in [2.45, 2.75) is 62.6 Å². The van der Waals surface area contributed by atoms with Gasteiger partial charge in [-0.3, -0.25) is 4.79 Å². The molecule has 4 rings (SSSR count). The summed E-state index contributed by atoms with van der Waals surface area (Å²) in [6, 6.07) is 16.4. The van der Waals surface area contributed by atoms with Crippen LogP contribution in [-0.2, 0) is 21.2 Å². The van der Waals surface area contributed by atoms with Crippen LogP contribution in [0, 0.1) is 11.7 Å². The fourth-order valence-electron chi connectivity index (χ4n) is 5.87. The van der Waals surface area contributed by atoms with E-state index in [1.807, 2.05) is 32.9 Å². The number of ether oxygens (including phenoxy) is 1. The number of amides is 1. The van der Waals surface area contributed by atoms with Crippen molar-refractivity contribution in [2.24, 2.45) is 11.7 Å². The molecule has 43 heavy (non-hydrogen) atoms. The first-order valence-electron chi connectivity index (χ1n) is 14.4. The molecule has 0 bridgehead atoms. The first kappa shape index (κ1) is 32.9. The molecule has 4 N–H and O–H groups in total. The number of sulfonamides is 1. The zero-order chi connectivity index (χ0) is 31.3. The van der Waals surface area contributed by atoms with Crippen LogP contribution in [0.1, 0.15) is 44.2 Å². The van der Waals surface area contributed by atoms with Crippen LogP contribution in [0.4, 0.5) is 10.1 Å². The normalized spacial score (nSPS) is 19.2. The Morgan fingerprint density at radius 2 is 1.84 bits per heavy atom. The van der Waals surface area contributed by atoms with Crippen molar-refractivity contribution >= 4 is 33.2 Å². The molecule has 4 atom stereocenters. The molecule has 0 aliphatic carbocycles. The summed E-state index contributed by atoms with van der Waals surface area (Å²) in [4.78, 5) is 13.6. The van der Waals surface area contributed by atoms with E-state index in [-0.39, 0.29) is 29.2 Å². The van der Waals surface area contributed by atoms with E-state index in [0.717, 1.165) is 5.56 Å². The number of anilines is 1. The van der Waals surface area contributed by atoms with E-state index < -0.39 is 33.8 Å². The van der Waals surface area contributed by atoms with Crippen LogP contribution in [-0.4, -0.2) is 57.0 Å². The Hall–Kier alpha value is -3.02. The van der Waals surface area contributed by atoms with Crippen molar-refractivity contribution in [2.75, 3.05) is 25.5 Å². The van der Waals surface area contributed by atoms with Crippen LogP contribution in [0.2, 0.25) is 5.02 Å². The third-order valence-corrected chi connectivity index (χ3v) is 10.3. The van der Waals surface area contributed by atoms with Gasteiger partial charge in [-0.1, -0.05) is 43.6 Å². The average molecular weight is 631 g/mol. The van der Waals surface area contributed by atoms with Crippen LogP contribution in [0.15, 0.2) is 71.6 Å². The molecule has 3 aromatic rings. The van der Waals surface area contributed by atoms with Gasteiger partial charge in [-0.2, -0.15) is 4.31 Å². The minimum absolute atomic E-state index is 0.0330. The number of benzene rings is 3. The number of hydrogen-bond acceptors (Lipinski definition) is 6. The number of rotatable bonds is 11. The molecule has 11 heteroatoms. The van der Waals surface area contributed by atoms with Gasteiger partial charge in [0.15, 0.2) is 0 Å². The van der Waals surface area contributed by atoms with Gasteiger partial charge in [-0.15, -0.1) is 0 Å². The Morgan fingerprint density at radius 1 is 1.14 bits per heavy atom. The van der Waals surface area contributed by atoms with Gasteiger partial charge < -0.3 is 21.1 Å². The number of halogens is 2. The maximum Gasteiger partial charge on any atom is 0.243 e. The topological polar surface area (TPSA) is 114 Å². The molecule has 1 amide bonds. The van der Waals surface area contributed by atoms with E-state index >= 15 is 4.39 Å². The Morgan fingerprint density at radius 3 is 2.49 bits per heavy atom. The second-order valence-corrected chi connectivity index (χ2v) is 13.6. The molecule has 0 aromatic heterocycles. The monoisotopic (exact) mass is 630 g/mol. The molecule has 3 aromatic carbocycles. The molecular weight excluding hydrogens is 591 g/mol. The lowest BCUT2D eigenvalue weighted by atomic mass is 9.82. The first-order valence-corrected chi connectivity index (χ1v) is 16.2. The predicted molar refractivity (Wildman–Crippen MR) is 168 cm³/mol. The second kappa shape index (κ2) is 14.2. The molecule has 0 unspecified atom stereocenters. The molecule has 0 spiro atoms. The summed E-state index contributed by atoms with van der Waals surface area (Å²) < 4.78 is 49.4. The number of carbonyl (C=O) groups is 1. The van der Waals surface area contributed by atoms with E-state index in [9.17, 15) is 13.2 Å². The summed E-state index contributed by atoms with van der Waals surface area (Å²) in [6.07, 6.45) is 0.535. The standard InChI is InChI=1S/C32H40ClFN4O4S/c1-20(2)30(22-7-5-8-23(33)17-22)31(35)32(39)37-29-10-6-9-28(34)27(29)16-11-24-19-36-18-21(3)38(24)43(40,41)26-14-12-25(42-4)13-15-26/h5-10,12-15,17,20-21,24,30-31,36H,11,16,18-19,35H2,1-4H3,(H,37,39)/t21-,24-,30+,31-/m0/s1. The number of nitrogens with zero attached hydrogens (tertiary/aromatic N) is 1. The third kappa shape index (κ3) is 7.56.